The van der Waals surface area contributed by atoms with E-state index in [9.17, 15) is 48.9 Å². The molecule has 1 aromatic carbocycles. The van der Waals surface area contributed by atoms with Crippen molar-refractivity contribution in [1.82, 2.24) is 5.32 Å². The molecule has 0 aromatic heterocycles. The smallest absolute Gasteiger partial charge is 0.421 e. The quantitative estimate of drug-likeness (QED) is 0.171. The maximum absolute atomic E-state index is 13.5. The molecular formula is C18H17F6INO6S-. The minimum atomic E-state index is -6.40. The van der Waals surface area contributed by atoms with Crippen LogP contribution in [0.1, 0.15) is 42.5 Å². The minimum Gasteiger partial charge on any atom is -0.748 e. The molecule has 1 aliphatic carbocycles. The summed E-state index contributed by atoms with van der Waals surface area (Å²) in [6.07, 6.45) is -9.53. The molecule has 0 aliphatic heterocycles. The number of alkyl halides is 6. The predicted octanol–water partition coefficient (Wildman–Crippen LogP) is 3.92. The van der Waals surface area contributed by atoms with Crippen LogP contribution in [0.15, 0.2) is 18.2 Å². The average Bonchev–Trinajstić information content (AvgIpc) is 2.65. The number of benzene rings is 1. The van der Waals surface area contributed by atoms with Crippen molar-refractivity contribution in [2.45, 2.75) is 50.0 Å². The largest absolute Gasteiger partial charge is 0.748 e. The zero-order valence-electron chi connectivity index (χ0n) is 16.6. The molecule has 1 N–H and O–H groups in total. The van der Waals surface area contributed by atoms with E-state index in [1.165, 1.54) is 0 Å². The number of hydrogen-bond donors (Lipinski definition) is 1. The average molecular weight is 616 g/mol. The van der Waals surface area contributed by atoms with Gasteiger partial charge in [0.1, 0.15) is 5.75 Å². The van der Waals surface area contributed by atoms with Crippen molar-refractivity contribution >= 4 is 44.6 Å². The third kappa shape index (κ3) is 6.71. The number of amides is 1. The van der Waals surface area contributed by atoms with E-state index in [0.29, 0.717) is 21.7 Å². The molecule has 33 heavy (non-hydrogen) atoms. The summed E-state index contributed by atoms with van der Waals surface area (Å²) in [6.45, 7) is 0. The Balaban J connectivity index is 2.47. The van der Waals surface area contributed by atoms with Crippen molar-refractivity contribution in [3.05, 3.63) is 27.3 Å². The Labute approximate surface area is 198 Å². The molecule has 2 rings (SSSR count). The summed E-state index contributed by atoms with van der Waals surface area (Å²) in [5.41, 5.74) is -6.26. The molecular weight excluding hydrogens is 599 g/mol. The number of esters is 1. The zero-order chi connectivity index (χ0) is 25.2. The second-order valence-electron chi connectivity index (χ2n) is 7.45. The van der Waals surface area contributed by atoms with Crippen molar-refractivity contribution in [2.24, 2.45) is 5.92 Å². The molecule has 1 aromatic rings. The summed E-state index contributed by atoms with van der Waals surface area (Å²) in [7, 11) is -6.12. The molecule has 7 nitrogen and oxygen atoms in total. The highest BCUT2D eigenvalue weighted by Gasteiger charge is 2.72. The van der Waals surface area contributed by atoms with Crippen LogP contribution in [0, 0.1) is 9.49 Å². The number of carbonyl (C=O) groups is 2. The maximum Gasteiger partial charge on any atom is 0.421 e. The van der Waals surface area contributed by atoms with Crippen LogP contribution in [0.2, 0.25) is 0 Å². The van der Waals surface area contributed by atoms with Gasteiger partial charge in [0, 0.05) is 3.57 Å². The predicted molar refractivity (Wildman–Crippen MR) is 108 cm³/mol. The summed E-state index contributed by atoms with van der Waals surface area (Å²) in [6, 6.07) is 3.04. The molecule has 0 radical (unpaired) electrons. The van der Waals surface area contributed by atoms with Crippen LogP contribution in [0.4, 0.5) is 26.3 Å². The van der Waals surface area contributed by atoms with E-state index in [1.807, 2.05) is 0 Å². The lowest BCUT2D eigenvalue weighted by atomic mass is 9.89. The van der Waals surface area contributed by atoms with Gasteiger partial charge in [-0.3, -0.25) is 9.59 Å². The molecule has 1 aliphatic rings. The van der Waals surface area contributed by atoms with Crippen LogP contribution in [0.3, 0.4) is 0 Å². The number of ether oxygens (including phenoxy) is 1. The number of halogens is 7. The summed E-state index contributed by atoms with van der Waals surface area (Å²) in [5.74, 6) is -7.00. The Morgan fingerprint density at radius 2 is 1.61 bits per heavy atom. The van der Waals surface area contributed by atoms with Crippen LogP contribution < -0.4 is 10.1 Å². The van der Waals surface area contributed by atoms with Crippen LogP contribution >= 0.6 is 22.6 Å². The molecule has 1 saturated carbocycles. The Morgan fingerprint density at radius 3 is 2.09 bits per heavy atom. The highest BCUT2D eigenvalue weighted by atomic mass is 127. The zero-order valence-corrected chi connectivity index (χ0v) is 19.5. The molecule has 0 atom stereocenters. The summed E-state index contributed by atoms with van der Waals surface area (Å²) < 4.78 is 119. The molecule has 0 spiro atoms. The lowest BCUT2D eigenvalue weighted by molar-refractivity contribution is -0.296. The van der Waals surface area contributed by atoms with Crippen LogP contribution in [-0.4, -0.2) is 48.5 Å². The lowest BCUT2D eigenvalue weighted by Crippen LogP contribution is -2.70. The van der Waals surface area contributed by atoms with Crippen molar-refractivity contribution in [1.29, 1.82) is 0 Å². The molecule has 0 unspecified atom stereocenters. The van der Waals surface area contributed by atoms with Crippen molar-refractivity contribution in [3.63, 3.8) is 0 Å². The van der Waals surface area contributed by atoms with Crippen molar-refractivity contribution in [3.8, 4) is 5.75 Å². The van der Waals surface area contributed by atoms with Gasteiger partial charge in [0.2, 0.25) is 5.54 Å². The van der Waals surface area contributed by atoms with Gasteiger partial charge in [-0.1, -0.05) is 19.3 Å². The first-order valence-electron chi connectivity index (χ1n) is 9.37. The van der Waals surface area contributed by atoms with Gasteiger partial charge in [0.15, 0.2) is 0 Å². The first kappa shape index (κ1) is 27.6. The number of carbonyl (C=O) groups excluding carboxylic acids is 2. The fraction of sp³-hybridized carbons (Fsp3) is 0.556. The summed E-state index contributed by atoms with van der Waals surface area (Å²) in [5, 5.41) is 0.634. The van der Waals surface area contributed by atoms with Gasteiger partial charge >= 0.3 is 18.3 Å². The maximum atomic E-state index is 13.5. The Hall–Kier alpha value is -1.62. The van der Waals surface area contributed by atoms with E-state index in [2.05, 4.69) is 0 Å². The van der Waals surface area contributed by atoms with Gasteiger partial charge in [0.25, 0.3) is 5.91 Å². The van der Waals surface area contributed by atoms with Gasteiger partial charge < -0.3 is 14.6 Å². The fourth-order valence-electron chi connectivity index (χ4n) is 3.33. The van der Waals surface area contributed by atoms with Gasteiger partial charge in [-0.25, -0.2) is 8.42 Å². The second kappa shape index (κ2) is 9.93. The molecule has 0 bridgehead atoms. The highest BCUT2D eigenvalue weighted by molar-refractivity contribution is 14.1. The first-order valence-corrected chi connectivity index (χ1v) is 12.0. The van der Waals surface area contributed by atoms with Crippen molar-refractivity contribution in [2.75, 3.05) is 5.75 Å². The third-order valence-corrected chi connectivity index (χ3v) is 6.48. The minimum absolute atomic E-state index is 0.343. The van der Waals surface area contributed by atoms with E-state index < -0.39 is 62.9 Å². The normalized spacial score (nSPS) is 16.4. The number of hydrogen-bond acceptors (Lipinski definition) is 6. The highest BCUT2D eigenvalue weighted by Crippen LogP contribution is 2.44. The Bertz CT molecular complexity index is 991. The van der Waals surface area contributed by atoms with Crippen molar-refractivity contribution < 1.29 is 53.6 Å². The monoisotopic (exact) mass is 616 g/mol. The van der Waals surface area contributed by atoms with Crippen LogP contribution in [0.25, 0.3) is 0 Å². The molecule has 0 heterocycles. The first-order chi connectivity index (χ1) is 15.0. The van der Waals surface area contributed by atoms with E-state index in [-0.39, 0.29) is 0 Å². The Kier molecular flexibility index (Phi) is 8.32. The van der Waals surface area contributed by atoms with E-state index >= 15 is 0 Å². The third-order valence-electron chi connectivity index (χ3n) is 5.03. The van der Waals surface area contributed by atoms with Gasteiger partial charge in [-0.05, 0) is 53.6 Å². The van der Waals surface area contributed by atoms with E-state index in [4.69, 9.17) is 4.74 Å². The number of rotatable bonds is 6. The van der Waals surface area contributed by atoms with Crippen LogP contribution in [-0.2, 0) is 14.9 Å². The summed E-state index contributed by atoms with van der Waals surface area (Å²) in [4.78, 5) is 24.9. The molecule has 186 valence electrons. The molecule has 15 heteroatoms. The molecule has 0 saturated heterocycles. The van der Waals surface area contributed by atoms with E-state index in [1.54, 1.807) is 22.6 Å². The number of nitrogens with one attached hydrogen (secondary N) is 1. The van der Waals surface area contributed by atoms with Gasteiger partial charge in [-0.15, -0.1) is 0 Å². The van der Waals surface area contributed by atoms with Gasteiger partial charge in [-0.2, -0.15) is 26.3 Å². The topological polar surface area (TPSA) is 113 Å². The molecule has 1 fully saturated rings. The summed E-state index contributed by atoms with van der Waals surface area (Å²) >= 11 is 1.71. The lowest BCUT2D eigenvalue weighted by Gasteiger charge is -2.38. The Morgan fingerprint density at radius 1 is 1.06 bits per heavy atom. The van der Waals surface area contributed by atoms with Gasteiger partial charge in [0.05, 0.1) is 27.4 Å². The second-order valence-corrected chi connectivity index (χ2v) is 10.1. The fourth-order valence-corrected chi connectivity index (χ4v) is 4.72. The van der Waals surface area contributed by atoms with Crippen LogP contribution in [0.5, 0.6) is 5.75 Å². The standard InChI is InChI=1S/C18H18F6INO6S/c19-17(20,21)16(18(22,23)24,9-33(29,30)31)26-14(27)12-7-6-11(25)8-13(12)32-15(28)10-4-2-1-3-5-10/h6-8,10H,1-5,9H2,(H,26,27)(H,29,30,31)/p-1. The van der Waals surface area contributed by atoms with E-state index in [0.717, 1.165) is 37.5 Å². The SMILES string of the molecule is O=C(NC(CS(=O)(=O)[O-])(C(F)(F)F)C(F)(F)F)c1ccc(I)cc1OC(=O)C1CCCCC1. The molecule has 1 amide bonds.